The number of nitrogens with zero attached hydrogens (tertiary/aromatic N) is 1. The van der Waals surface area contributed by atoms with Crippen molar-refractivity contribution >= 4 is 22.7 Å². The molecule has 4 heteroatoms. The fourth-order valence-corrected chi connectivity index (χ4v) is 4.32. The second kappa shape index (κ2) is 4.79. The van der Waals surface area contributed by atoms with Gasteiger partial charge in [-0.1, -0.05) is 12.1 Å². The van der Waals surface area contributed by atoms with E-state index in [4.69, 9.17) is 4.74 Å². The molecule has 2 aromatic rings. The number of hydrogen-bond acceptors (Lipinski definition) is 3. The monoisotopic (exact) mass is 288 g/mol. The van der Waals surface area contributed by atoms with Crippen LogP contribution in [0.1, 0.15) is 17.2 Å². The summed E-state index contributed by atoms with van der Waals surface area (Å²) in [5.74, 6) is 1.07. The number of nitrogens with one attached hydrogen (secondary N) is 1. The van der Waals surface area contributed by atoms with Crippen molar-refractivity contribution in [2.75, 3.05) is 25.6 Å². The number of fused-ring (bicyclic) bond motifs is 2. The van der Waals surface area contributed by atoms with Gasteiger partial charge in [-0.15, -0.1) is 0 Å². The van der Waals surface area contributed by atoms with Crippen LogP contribution in [0.25, 0.3) is 10.9 Å². The maximum atomic E-state index is 6.44. The number of ether oxygens (including phenoxy) is 1. The summed E-state index contributed by atoms with van der Waals surface area (Å²) >= 11 is 1.87. The lowest BCUT2D eigenvalue weighted by molar-refractivity contribution is -0.106. The standard InChI is InChI=1S/C16H20N2OS/c1-18-8-11(9-20-2)19-16-12-4-3-5-13-15(12)10(7-17-13)6-14(16)18/h3-5,7,11,14,16-17H,6,8-9H2,1-2H3/t11-,14+,16+/m0/s1. The van der Waals surface area contributed by atoms with E-state index in [0.29, 0.717) is 12.1 Å². The number of benzene rings is 1. The molecule has 2 heterocycles. The van der Waals surface area contributed by atoms with Gasteiger partial charge >= 0.3 is 0 Å². The third kappa shape index (κ3) is 1.82. The number of hydrogen-bond donors (Lipinski definition) is 1. The first-order chi connectivity index (χ1) is 9.78. The summed E-state index contributed by atoms with van der Waals surface area (Å²) < 4.78 is 6.44. The van der Waals surface area contributed by atoms with Crippen LogP contribution >= 0.6 is 11.8 Å². The number of aromatic amines is 1. The van der Waals surface area contributed by atoms with Gasteiger partial charge in [-0.05, 0) is 36.9 Å². The molecule has 106 valence electrons. The van der Waals surface area contributed by atoms with Crippen LogP contribution in [0.15, 0.2) is 24.4 Å². The van der Waals surface area contributed by atoms with Gasteiger partial charge in [-0.2, -0.15) is 11.8 Å². The molecule has 0 unspecified atom stereocenters. The van der Waals surface area contributed by atoms with Crippen molar-refractivity contribution < 1.29 is 4.74 Å². The summed E-state index contributed by atoms with van der Waals surface area (Å²) in [6, 6.07) is 7.02. The molecule has 1 aromatic carbocycles. The van der Waals surface area contributed by atoms with Crippen LogP contribution in [0, 0.1) is 0 Å². The molecule has 4 rings (SSSR count). The molecule has 20 heavy (non-hydrogen) atoms. The fourth-order valence-electron chi connectivity index (χ4n) is 3.76. The van der Waals surface area contributed by atoms with E-state index < -0.39 is 0 Å². The Bertz CT molecular complexity index is 638. The normalized spacial score (nSPS) is 29.6. The lowest BCUT2D eigenvalue weighted by atomic mass is 9.85. The Kier molecular flexibility index (Phi) is 3.05. The average Bonchev–Trinajstić information content (AvgIpc) is 2.86. The summed E-state index contributed by atoms with van der Waals surface area (Å²) in [5.41, 5.74) is 4.05. The summed E-state index contributed by atoms with van der Waals surface area (Å²) in [7, 11) is 2.24. The van der Waals surface area contributed by atoms with Crippen molar-refractivity contribution in [1.82, 2.24) is 9.88 Å². The van der Waals surface area contributed by atoms with Crippen molar-refractivity contribution in [3.05, 3.63) is 35.5 Å². The average molecular weight is 288 g/mol. The summed E-state index contributed by atoms with van der Waals surface area (Å²) in [4.78, 5) is 5.89. The van der Waals surface area contributed by atoms with Crippen LogP contribution < -0.4 is 0 Å². The zero-order chi connectivity index (χ0) is 13.7. The van der Waals surface area contributed by atoms with Crippen LogP contribution in [0.3, 0.4) is 0 Å². The van der Waals surface area contributed by atoms with Gasteiger partial charge in [-0.25, -0.2) is 0 Å². The quantitative estimate of drug-likeness (QED) is 0.921. The highest BCUT2D eigenvalue weighted by atomic mass is 32.2. The maximum absolute atomic E-state index is 6.44. The Morgan fingerprint density at radius 3 is 3.20 bits per heavy atom. The van der Waals surface area contributed by atoms with Crippen molar-refractivity contribution in [3.63, 3.8) is 0 Å². The second-order valence-corrected chi connectivity index (χ2v) is 6.84. The molecule has 1 N–H and O–H groups in total. The molecule has 0 saturated carbocycles. The molecule has 3 nitrogen and oxygen atoms in total. The fraction of sp³-hybridized carbons (Fsp3) is 0.500. The van der Waals surface area contributed by atoms with Crippen LogP contribution in [-0.2, 0) is 11.2 Å². The predicted octanol–water partition coefficient (Wildman–Crippen LogP) is 2.83. The minimum atomic E-state index is 0.220. The molecule has 0 spiro atoms. The molecule has 1 aliphatic carbocycles. The van der Waals surface area contributed by atoms with Crippen LogP contribution in [0.2, 0.25) is 0 Å². The molecule has 0 radical (unpaired) electrons. The Morgan fingerprint density at radius 2 is 2.35 bits per heavy atom. The first-order valence-electron chi connectivity index (χ1n) is 7.21. The predicted molar refractivity (Wildman–Crippen MR) is 84.4 cm³/mol. The van der Waals surface area contributed by atoms with Gasteiger partial charge in [0.15, 0.2) is 0 Å². The highest BCUT2D eigenvalue weighted by molar-refractivity contribution is 7.98. The zero-order valence-corrected chi connectivity index (χ0v) is 12.7. The molecule has 1 aromatic heterocycles. The number of morpholine rings is 1. The summed E-state index contributed by atoms with van der Waals surface area (Å²) in [6.07, 6.45) is 5.97. The van der Waals surface area contributed by atoms with Crippen molar-refractivity contribution in [1.29, 1.82) is 0 Å². The van der Waals surface area contributed by atoms with Crippen molar-refractivity contribution in [2.45, 2.75) is 24.7 Å². The summed E-state index contributed by atoms with van der Waals surface area (Å²) in [5, 5.41) is 1.40. The van der Waals surface area contributed by atoms with E-state index in [0.717, 1.165) is 18.7 Å². The van der Waals surface area contributed by atoms with Gasteiger partial charge < -0.3 is 9.72 Å². The van der Waals surface area contributed by atoms with E-state index in [9.17, 15) is 0 Å². The highest BCUT2D eigenvalue weighted by Gasteiger charge is 2.39. The zero-order valence-electron chi connectivity index (χ0n) is 11.9. The molecular weight excluding hydrogens is 268 g/mol. The maximum Gasteiger partial charge on any atom is 0.0994 e. The van der Waals surface area contributed by atoms with E-state index in [2.05, 4.69) is 47.6 Å². The Morgan fingerprint density at radius 1 is 1.45 bits per heavy atom. The minimum Gasteiger partial charge on any atom is -0.366 e. The second-order valence-electron chi connectivity index (χ2n) is 5.93. The Hall–Kier alpha value is -0.970. The van der Waals surface area contributed by atoms with E-state index in [1.54, 1.807) is 0 Å². The number of H-pyrrole nitrogens is 1. The number of likely N-dealkylation sites (N-methyl/N-ethyl adjacent to an activating group) is 1. The molecule has 0 amide bonds. The first kappa shape index (κ1) is 12.7. The Labute approximate surface area is 123 Å². The van der Waals surface area contributed by atoms with Gasteiger partial charge in [-0.3, -0.25) is 4.90 Å². The molecule has 1 aliphatic heterocycles. The molecule has 2 aliphatic rings. The van der Waals surface area contributed by atoms with Gasteiger partial charge in [0.05, 0.1) is 12.2 Å². The van der Waals surface area contributed by atoms with Gasteiger partial charge in [0, 0.05) is 35.4 Å². The van der Waals surface area contributed by atoms with E-state index in [1.807, 2.05) is 11.8 Å². The number of aromatic nitrogens is 1. The lowest BCUT2D eigenvalue weighted by Crippen LogP contribution is -2.51. The van der Waals surface area contributed by atoms with Crippen LogP contribution in [0.4, 0.5) is 0 Å². The third-order valence-corrected chi connectivity index (χ3v) is 5.36. The molecule has 0 bridgehead atoms. The molecule has 1 saturated heterocycles. The molecular formula is C16H20N2OS. The van der Waals surface area contributed by atoms with E-state index in [1.165, 1.54) is 22.0 Å². The largest absolute Gasteiger partial charge is 0.366 e. The summed E-state index contributed by atoms with van der Waals surface area (Å²) in [6.45, 7) is 1.04. The smallest absolute Gasteiger partial charge is 0.0994 e. The minimum absolute atomic E-state index is 0.220. The molecule has 3 atom stereocenters. The van der Waals surface area contributed by atoms with Gasteiger partial charge in [0.25, 0.3) is 0 Å². The SMILES string of the molecule is CSC[C@@H]1CN(C)[C@@H]2Cc3c[nH]c4cccc(c34)[C@H]2O1. The van der Waals surface area contributed by atoms with E-state index >= 15 is 0 Å². The van der Waals surface area contributed by atoms with Gasteiger partial charge in [0.1, 0.15) is 0 Å². The number of thioether (sulfide) groups is 1. The Balaban J connectivity index is 1.79. The number of rotatable bonds is 2. The lowest BCUT2D eigenvalue weighted by Gasteiger charge is -2.45. The molecule has 1 fully saturated rings. The van der Waals surface area contributed by atoms with Crippen molar-refractivity contribution in [3.8, 4) is 0 Å². The first-order valence-corrected chi connectivity index (χ1v) is 8.61. The van der Waals surface area contributed by atoms with Gasteiger partial charge in [0.2, 0.25) is 0 Å². The van der Waals surface area contributed by atoms with Crippen LogP contribution in [-0.4, -0.2) is 47.6 Å². The highest BCUT2D eigenvalue weighted by Crippen LogP contribution is 2.42. The van der Waals surface area contributed by atoms with E-state index in [-0.39, 0.29) is 6.10 Å². The topological polar surface area (TPSA) is 28.3 Å². The van der Waals surface area contributed by atoms with Crippen LogP contribution in [0.5, 0.6) is 0 Å². The third-order valence-electron chi connectivity index (χ3n) is 4.65. The van der Waals surface area contributed by atoms with Crippen molar-refractivity contribution in [2.24, 2.45) is 0 Å².